The molecule has 0 amide bonds. The van der Waals surface area contributed by atoms with Crippen LogP contribution in [0.3, 0.4) is 0 Å². The fraction of sp³-hybridized carbons (Fsp3) is 0.333. The predicted molar refractivity (Wildman–Crippen MR) is 127 cm³/mol. The molecule has 0 saturated carbocycles. The lowest BCUT2D eigenvalue weighted by molar-refractivity contribution is -0.0541. The molecule has 4 rings (SSSR count). The maximum absolute atomic E-state index is 13.8. The minimum absolute atomic E-state index is 0.0516. The molecule has 0 aliphatic carbocycles. The highest BCUT2D eigenvalue weighted by atomic mass is 35.5. The Bertz CT molecular complexity index is 1420. The van der Waals surface area contributed by atoms with Crippen molar-refractivity contribution in [2.24, 2.45) is 5.10 Å². The molecule has 1 aliphatic rings. The number of nitrogens with one attached hydrogen (secondary N) is 1. The third kappa shape index (κ3) is 6.56. The number of benzene rings is 1. The third-order valence-electron chi connectivity index (χ3n) is 5.09. The van der Waals surface area contributed by atoms with Crippen molar-refractivity contribution in [3.8, 4) is 0 Å². The lowest BCUT2D eigenvalue weighted by Crippen LogP contribution is -2.33. The van der Waals surface area contributed by atoms with Gasteiger partial charge in [-0.25, -0.2) is 9.07 Å². The summed E-state index contributed by atoms with van der Waals surface area (Å²) in [4.78, 5) is 35.5. The number of nitrogens with zero attached hydrogens (tertiary/aromatic N) is 5. The van der Waals surface area contributed by atoms with Crippen molar-refractivity contribution in [2.75, 3.05) is 17.9 Å². The Balaban J connectivity index is 1.53. The second kappa shape index (κ2) is 10.8. The van der Waals surface area contributed by atoms with Crippen LogP contribution in [0.4, 0.5) is 10.2 Å². The summed E-state index contributed by atoms with van der Waals surface area (Å²) in [5.41, 5.74) is 2.87. The molecule has 1 fully saturated rings. The van der Waals surface area contributed by atoms with E-state index in [2.05, 4.69) is 30.1 Å². The van der Waals surface area contributed by atoms with Gasteiger partial charge in [0, 0.05) is 5.56 Å². The average Bonchev–Trinajstić information content (AvgIpc) is 3.33. The summed E-state index contributed by atoms with van der Waals surface area (Å²) in [6, 6.07) is 5.93. The Morgan fingerprint density at radius 3 is 2.65 bits per heavy atom. The third-order valence-corrected chi connectivity index (χ3v) is 8.71. The van der Waals surface area contributed by atoms with Crippen LogP contribution in [0.5, 0.6) is 0 Å². The number of anilines is 1. The van der Waals surface area contributed by atoms with Crippen LogP contribution < -0.4 is 5.43 Å². The molecule has 1 unspecified atom stereocenters. The molecular formula is C18H20ClFN6O9P2. The maximum atomic E-state index is 13.8. The van der Waals surface area contributed by atoms with Gasteiger partial charge in [-0.1, -0.05) is 18.2 Å². The highest BCUT2D eigenvalue weighted by Gasteiger charge is 2.46. The van der Waals surface area contributed by atoms with Gasteiger partial charge < -0.3 is 34.2 Å². The van der Waals surface area contributed by atoms with E-state index in [1.165, 1.54) is 30.6 Å². The van der Waals surface area contributed by atoms with Crippen LogP contribution in [0.1, 0.15) is 11.8 Å². The van der Waals surface area contributed by atoms with Crippen LogP contribution in [0.2, 0.25) is 5.28 Å². The first kappa shape index (κ1) is 27.7. The number of hydrazone groups is 1. The number of hydrogen-bond donors (Lipinski definition) is 6. The molecule has 1 saturated heterocycles. The Labute approximate surface area is 212 Å². The molecule has 200 valence electrons. The molecule has 6 N–H and O–H groups in total. The molecule has 3 heterocycles. The molecule has 1 aromatic carbocycles. The molecule has 1 aliphatic heterocycles. The van der Waals surface area contributed by atoms with E-state index < -0.39 is 58.1 Å². The first-order valence-electron chi connectivity index (χ1n) is 10.3. The zero-order valence-electron chi connectivity index (χ0n) is 18.4. The van der Waals surface area contributed by atoms with Gasteiger partial charge in [0.15, 0.2) is 23.6 Å². The van der Waals surface area contributed by atoms with Gasteiger partial charge in [0.05, 0.1) is 24.4 Å². The van der Waals surface area contributed by atoms with Crippen molar-refractivity contribution in [1.82, 2.24) is 19.7 Å². The van der Waals surface area contributed by atoms with Gasteiger partial charge >= 0.3 is 15.2 Å². The Hall–Kier alpha value is -2.36. The highest BCUT2D eigenvalue weighted by Crippen LogP contribution is 2.55. The molecule has 19 heteroatoms. The van der Waals surface area contributed by atoms with Gasteiger partial charge in [0.2, 0.25) is 5.28 Å². The lowest BCUT2D eigenvalue weighted by atomic mass is 10.1. The lowest BCUT2D eigenvalue weighted by Gasteiger charge is -2.18. The highest BCUT2D eigenvalue weighted by molar-refractivity contribution is 7.70. The topological polar surface area (TPSA) is 222 Å². The van der Waals surface area contributed by atoms with E-state index in [1.807, 2.05) is 0 Å². The Morgan fingerprint density at radius 2 is 1.95 bits per heavy atom. The molecule has 3 aromatic rings. The Morgan fingerprint density at radius 1 is 1.22 bits per heavy atom. The number of hydrogen-bond acceptors (Lipinski definition) is 11. The zero-order valence-corrected chi connectivity index (χ0v) is 21.0. The molecule has 0 bridgehead atoms. The summed E-state index contributed by atoms with van der Waals surface area (Å²) in [5, 5.41) is 28.9. The van der Waals surface area contributed by atoms with Gasteiger partial charge in [-0.3, -0.25) is 14.6 Å². The molecule has 15 nitrogen and oxygen atoms in total. The SMILES string of the molecule is O=P(O)(O)CP(=O)(O)OC[C@H]1O[C@@H](n2ncc3c(N/N=C/c4ccccc4F)nc(Cl)nc32)[C@H](O)[C@@H]1O. The predicted octanol–water partition coefficient (Wildman–Crippen LogP) is 1.02. The van der Waals surface area contributed by atoms with Crippen molar-refractivity contribution in [3.05, 3.63) is 47.1 Å². The quantitative estimate of drug-likeness (QED) is 0.0901. The van der Waals surface area contributed by atoms with Crippen LogP contribution in [0, 0.1) is 5.82 Å². The number of aromatic nitrogens is 4. The van der Waals surface area contributed by atoms with E-state index >= 15 is 0 Å². The van der Waals surface area contributed by atoms with Crippen molar-refractivity contribution < 1.29 is 47.7 Å². The maximum Gasteiger partial charge on any atom is 0.340 e. The number of halogens is 2. The van der Waals surface area contributed by atoms with Gasteiger partial charge in [0.1, 0.15) is 24.1 Å². The van der Waals surface area contributed by atoms with E-state index in [1.54, 1.807) is 6.07 Å². The van der Waals surface area contributed by atoms with Gasteiger partial charge in [0.25, 0.3) is 0 Å². The zero-order chi connectivity index (χ0) is 27.0. The number of fused-ring (bicyclic) bond motifs is 1. The monoisotopic (exact) mass is 580 g/mol. The summed E-state index contributed by atoms with van der Waals surface area (Å²) in [6.45, 7) is -0.769. The standard InChI is InChI=1S/C18H20ClFN6O9P2/c19-18-23-15(25-21-5-9-3-1-2-4-11(9)20)10-6-22-26(16(10)24-18)17-14(28)13(27)12(35-17)7-34-37(32,33)8-36(29,30)31/h1-6,12-14,17,27-28H,7-8H2,(H,32,33)(H,23,24,25)(H2,29,30,31)/b21-5+/t12-,13-,14-,17-/m1/s1. The van der Waals surface area contributed by atoms with E-state index in [0.29, 0.717) is 0 Å². The van der Waals surface area contributed by atoms with Crippen LogP contribution in [0.15, 0.2) is 35.6 Å². The van der Waals surface area contributed by atoms with Crippen LogP contribution >= 0.6 is 26.8 Å². The minimum Gasteiger partial charge on any atom is -0.387 e. The van der Waals surface area contributed by atoms with Crippen LogP contribution in [-0.2, 0) is 18.4 Å². The van der Waals surface area contributed by atoms with Crippen LogP contribution in [0.25, 0.3) is 11.0 Å². The number of aliphatic hydroxyl groups excluding tert-OH is 2. The fourth-order valence-electron chi connectivity index (χ4n) is 3.45. The summed E-state index contributed by atoms with van der Waals surface area (Å²) < 4.78 is 48.0. The number of aliphatic hydroxyl groups is 2. The second-order valence-electron chi connectivity index (χ2n) is 7.84. The smallest absolute Gasteiger partial charge is 0.340 e. The summed E-state index contributed by atoms with van der Waals surface area (Å²) in [5.74, 6) is -1.83. The molecule has 0 radical (unpaired) electrons. The van der Waals surface area contributed by atoms with E-state index in [-0.39, 0.29) is 27.7 Å². The molecule has 37 heavy (non-hydrogen) atoms. The van der Waals surface area contributed by atoms with Gasteiger partial charge in [-0.05, 0) is 17.7 Å². The molecule has 0 spiro atoms. The van der Waals surface area contributed by atoms with Gasteiger partial charge in [-0.2, -0.15) is 20.2 Å². The van der Waals surface area contributed by atoms with Crippen molar-refractivity contribution >= 4 is 49.9 Å². The average molecular weight is 581 g/mol. The Kier molecular flexibility index (Phi) is 8.07. The van der Waals surface area contributed by atoms with Crippen LogP contribution in [-0.4, -0.2) is 81.7 Å². The summed E-state index contributed by atoms with van der Waals surface area (Å²) >= 11 is 6.02. The van der Waals surface area contributed by atoms with Crippen molar-refractivity contribution in [3.63, 3.8) is 0 Å². The van der Waals surface area contributed by atoms with Crippen molar-refractivity contribution in [1.29, 1.82) is 0 Å². The van der Waals surface area contributed by atoms with Crippen molar-refractivity contribution in [2.45, 2.75) is 24.5 Å². The first-order chi connectivity index (χ1) is 17.3. The first-order valence-corrected chi connectivity index (χ1v) is 14.3. The molecule has 5 atom stereocenters. The molecule has 2 aromatic heterocycles. The normalized spacial score (nSPS) is 24.1. The summed E-state index contributed by atoms with van der Waals surface area (Å²) in [6.07, 6.45) is -3.45. The van der Waals surface area contributed by atoms with E-state index in [4.69, 9.17) is 26.1 Å². The number of rotatable bonds is 9. The summed E-state index contributed by atoms with van der Waals surface area (Å²) in [7, 11) is -9.58. The molecular weight excluding hydrogens is 561 g/mol. The second-order valence-corrected chi connectivity index (χ2v) is 12.2. The number of ether oxygens (including phenoxy) is 1. The fourth-order valence-corrected chi connectivity index (χ4v) is 6.18. The minimum atomic E-state index is -4.86. The largest absolute Gasteiger partial charge is 0.387 e. The van der Waals surface area contributed by atoms with E-state index in [0.717, 1.165) is 4.68 Å². The van der Waals surface area contributed by atoms with Gasteiger partial charge in [-0.15, -0.1) is 0 Å². The van der Waals surface area contributed by atoms with E-state index in [9.17, 15) is 28.6 Å².